The highest BCUT2D eigenvalue weighted by Crippen LogP contribution is 2.32. The summed E-state index contributed by atoms with van der Waals surface area (Å²) in [4.78, 5) is 12.3. The Morgan fingerprint density at radius 2 is 1.50 bits per heavy atom. The van der Waals surface area contributed by atoms with Crippen LogP contribution in [0.1, 0.15) is 70.3 Å². The second-order valence-corrected chi connectivity index (χ2v) is 7.44. The Morgan fingerprint density at radius 3 is 2.08 bits per heavy atom. The minimum Gasteiger partial charge on any atom is -0.330 e. The largest absolute Gasteiger partial charge is 0.330 e. The molecule has 6 nitrogen and oxygen atoms in total. The van der Waals surface area contributed by atoms with Crippen LogP contribution in [-0.2, 0) is 0 Å². The van der Waals surface area contributed by atoms with E-state index < -0.39 is 0 Å². The number of aromatic nitrogens is 4. The summed E-state index contributed by atoms with van der Waals surface area (Å²) in [6.45, 7) is 1.69. The van der Waals surface area contributed by atoms with Gasteiger partial charge in [-0.3, -0.25) is 0 Å². The van der Waals surface area contributed by atoms with Crippen LogP contribution in [0.15, 0.2) is 6.33 Å². The van der Waals surface area contributed by atoms with Gasteiger partial charge in [0.05, 0.1) is 6.33 Å². The Hall–Kier alpha value is -0.950. The predicted molar refractivity (Wildman–Crippen MR) is 109 cm³/mol. The monoisotopic (exact) mass is 400 g/mol. The standard InChI is InChI=1S/C10H10Cl2N4.C8H20N2/c11-8-7-9(15-10(12)14-8)16(5-13-7)6-3-1-2-4-6;9-7-5-3-1-2-4-6-8-10/h5-6H,1-4H2;1-10H2. The Balaban J connectivity index is 0.000000213. The van der Waals surface area contributed by atoms with Crippen LogP contribution in [0.25, 0.3) is 11.2 Å². The summed E-state index contributed by atoms with van der Waals surface area (Å²) < 4.78 is 2.07. The highest BCUT2D eigenvalue weighted by Gasteiger charge is 2.20. The molecule has 2 aromatic rings. The van der Waals surface area contributed by atoms with Gasteiger partial charge >= 0.3 is 0 Å². The van der Waals surface area contributed by atoms with Crippen molar-refractivity contribution in [1.29, 1.82) is 0 Å². The lowest BCUT2D eigenvalue weighted by Crippen LogP contribution is -2.04. The zero-order valence-corrected chi connectivity index (χ0v) is 16.9. The highest BCUT2D eigenvalue weighted by molar-refractivity contribution is 6.35. The number of imidazole rings is 1. The maximum Gasteiger partial charge on any atom is 0.225 e. The first-order chi connectivity index (χ1) is 12.7. The van der Waals surface area contributed by atoms with Gasteiger partial charge in [0.2, 0.25) is 5.28 Å². The number of unbranched alkanes of at least 4 members (excludes halogenated alkanes) is 5. The topological polar surface area (TPSA) is 95.6 Å². The van der Waals surface area contributed by atoms with Crippen LogP contribution in [0.3, 0.4) is 0 Å². The molecule has 2 heterocycles. The van der Waals surface area contributed by atoms with Crippen molar-refractivity contribution in [2.45, 2.75) is 70.3 Å². The van der Waals surface area contributed by atoms with Gasteiger partial charge in [-0.2, -0.15) is 4.98 Å². The lowest BCUT2D eigenvalue weighted by molar-refractivity contribution is 0.529. The van der Waals surface area contributed by atoms with Gasteiger partial charge in [-0.25, -0.2) is 9.97 Å². The molecule has 1 aliphatic rings. The number of fused-ring (bicyclic) bond motifs is 1. The van der Waals surface area contributed by atoms with E-state index in [1.54, 1.807) is 6.33 Å². The molecule has 26 heavy (non-hydrogen) atoms. The maximum atomic E-state index is 5.97. The minimum atomic E-state index is 0.178. The van der Waals surface area contributed by atoms with E-state index in [1.807, 2.05) is 0 Å². The molecule has 0 unspecified atom stereocenters. The highest BCUT2D eigenvalue weighted by atomic mass is 35.5. The predicted octanol–water partition coefficient (Wildman–Crippen LogP) is 4.49. The van der Waals surface area contributed by atoms with Gasteiger partial charge in [0.1, 0.15) is 5.52 Å². The SMILES string of the molecule is Clc1nc(Cl)c2ncn(C3CCCC3)c2n1.NCCCCCCCCN. The molecule has 1 aliphatic carbocycles. The van der Waals surface area contributed by atoms with Gasteiger partial charge in [-0.1, -0.05) is 50.1 Å². The first kappa shape index (κ1) is 21.4. The molecule has 1 fully saturated rings. The zero-order valence-electron chi connectivity index (χ0n) is 15.3. The summed E-state index contributed by atoms with van der Waals surface area (Å²) >= 11 is 11.8. The van der Waals surface area contributed by atoms with Crippen molar-refractivity contribution in [3.8, 4) is 0 Å². The van der Waals surface area contributed by atoms with Crippen LogP contribution in [-0.4, -0.2) is 32.6 Å². The van der Waals surface area contributed by atoms with E-state index in [1.165, 1.54) is 64.2 Å². The third-order valence-corrected chi connectivity index (χ3v) is 5.16. The number of halogens is 2. The van der Waals surface area contributed by atoms with Gasteiger partial charge in [0, 0.05) is 6.04 Å². The van der Waals surface area contributed by atoms with Crippen LogP contribution < -0.4 is 11.5 Å². The van der Waals surface area contributed by atoms with E-state index in [2.05, 4.69) is 19.5 Å². The Labute approximate surface area is 165 Å². The Morgan fingerprint density at radius 1 is 0.923 bits per heavy atom. The van der Waals surface area contributed by atoms with Crippen molar-refractivity contribution in [3.63, 3.8) is 0 Å². The molecule has 8 heteroatoms. The quantitative estimate of drug-likeness (QED) is 0.386. The van der Waals surface area contributed by atoms with Gasteiger partial charge in [0.25, 0.3) is 0 Å². The molecule has 2 aromatic heterocycles. The van der Waals surface area contributed by atoms with E-state index in [0.717, 1.165) is 18.7 Å². The number of nitrogens with zero attached hydrogens (tertiary/aromatic N) is 4. The third kappa shape index (κ3) is 6.34. The molecule has 0 aromatic carbocycles. The molecule has 0 radical (unpaired) electrons. The van der Waals surface area contributed by atoms with Crippen molar-refractivity contribution in [1.82, 2.24) is 19.5 Å². The number of rotatable bonds is 8. The summed E-state index contributed by atoms with van der Waals surface area (Å²) in [5, 5.41) is 0.504. The summed E-state index contributed by atoms with van der Waals surface area (Å²) in [7, 11) is 0. The zero-order chi connectivity index (χ0) is 18.8. The van der Waals surface area contributed by atoms with Crippen molar-refractivity contribution < 1.29 is 0 Å². The lowest BCUT2D eigenvalue weighted by Gasteiger charge is -2.11. The smallest absolute Gasteiger partial charge is 0.225 e. The fourth-order valence-corrected chi connectivity index (χ4v) is 3.72. The molecule has 0 spiro atoms. The molecule has 4 N–H and O–H groups in total. The van der Waals surface area contributed by atoms with Crippen LogP contribution in [0.2, 0.25) is 10.4 Å². The van der Waals surface area contributed by atoms with Gasteiger partial charge in [-0.15, -0.1) is 0 Å². The van der Waals surface area contributed by atoms with Crippen LogP contribution in [0, 0.1) is 0 Å². The second kappa shape index (κ2) is 11.7. The van der Waals surface area contributed by atoms with Gasteiger partial charge < -0.3 is 16.0 Å². The van der Waals surface area contributed by atoms with Crippen molar-refractivity contribution >= 4 is 34.4 Å². The molecule has 0 saturated heterocycles. The summed E-state index contributed by atoms with van der Waals surface area (Å²) in [6.07, 6.45) is 14.3. The van der Waals surface area contributed by atoms with Crippen molar-refractivity contribution in [2.24, 2.45) is 11.5 Å². The third-order valence-electron chi connectivity index (χ3n) is 4.73. The molecule has 1 saturated carbocycles. The van der Waals surface area contributed by atoms with Crippen LogP contribution >= 0.6 is 23.2 Å². The average molecular weight is 401 g/mol. The fraction of sp³-hybridized carbons (Fsp3) is 0.722. The van der Waals surface area contributed by atoms with E-state index >= 15 is 0 Å². The average Bonchev–Trinajstić information content (AvgIpc) is 3.28. The molecule has 0 bridgehead atoms. The number of hydrogen-bond donors (Lipinski definition) is 2. The first-order valence-electron chi connectivity index (χ1n) is 9.63. The Bertz CT molecular complexity index is 646. The molecule has 0 amide bonds. The molecule has 146 valence electrons. The maximum absolute atomic E-state index is 5.97. The normalized spacial score (nSPS) is 14.6. The molecular formula is C18H30Cl2N6. The van der Waals surface area contributed by atoms with Crippen molar-refractivity contribution in [3.05, 3.63) is 16.8 Å². The van der Waals surface area contributed by atoms with Crippen LogP contribution in [0.5, 0.6) is 0 Å². The minimum absolute atomic E-state index is 0.178. The molecule has 0 atom stereocenters. The molecule has 0 aliphatic heterocycles. The Kier molecular flexibility index (Phi) is 9.61. The van der Waals surface area contributed by atoms with Gasteiger partial charge in [-0.05, 0) is 50.4 Å². The fourth-order valence-electron chi connectivity index (χ4n) is 3.30. The van der Waals surface area contributed by atoms with Crippen LogP contribution in [0.4, 0.5) is 0 Å². The lowest BCUT2D eigenvalue weighted by atomic mass is 10.1. The van der Waals surface area contributed by atoms with E-state index in [9.17, 15) is 0 Å². The first-order valence-corrected chi connectivity index (χ1v) is 10.4. The number of nitrogens with two attached hydrogens (primary N) is 2. The van der Waals surface area contributed by atoms with E-state index in [-0.39, 0.29) is 5.28 Å². The van der Waals surface area contributed by atoms with E-state index in [4.69, 9.17) is 34.7 Å². The van der Waals surface area contributed by atoms with E-state index in [0.29, 0.717) is 16.7 Å². The van der Waals surface area contributed by atoms with Crippen molar-refractivity contribution in [2.75, 3.05) is 13.1 Å². The molecule has 3 rings (SSSR count). The number of hydrogen-bond acceptors (Lipinski definition) is 5. The summed E-state index contributed by atoms with van der Waals surface area (Å²) in [6, 6.07) is 0.479. The second-order valence-electron chi connectivity index (χ2n) is 6.74. The summed E-state index contributed by atoms with van der Waals surface area (Å²) in [5.74, 6) is 0. The van der Waals surface area contributed by atoms with Gasteiger partial charge in [0.15, 0.2) is 10.8 Å². The molecular weight excluding hydrogens is 371 g/mol. The summed E-state index contributed by atoms with van der Waals surface area (Å²) in [5.41, 5.74) is 12.1.